The largest absolute Gasteiger partial charge is 0.141 e. The lowest BCUT2D eigenvalue weighted by atomic mass is 9.87. The number of thiophene rings is 1. The summed E-state index contributed by atoms with van der Waals surface area (Å²) in [5.74, 6) is 0. The van der Waals surface area contributed by atoms with Gasteiger partial charge in [-0.05, 0) is 118 Å². The average molecular weight is 647 g/mol. The molecule has 0 aliphatic carbocycles. The van der Waals surface area contributed by atoms with E-state index in [0.29, 0.717) is 0 Å². The quantitative estimate of drug-likeness (QED) is 0.167. The molecule has 6 aromatic rings. The molecule has 0 saturated carbocycles. The van der Waals surface area contributed by atoms with E-state index in [2.05, 4.69) is 147 Å². The Balaban J connectivity index is 0.000000856. The Morgan fingerprint density at radius 1 is 0.522 bits per heavy atom. The predicted octanol–water partition coefficient (Wildman–Crippen LogP) is 15.1. The summed E-state index contributed by atoms with van der Waals surface area (Å²) in [6.45, 7) is 24.9. The number of hydrogen-bond acceptors (Lipinski definition) is 1. The highest BCUT2D eigenvalue weighted by atomic mass is 32.1. The van der Waals surface area contributed by atoms with Gasteiger partial charge in [0.15, 0.2) is 0 Å². The van der Waals surface area contributed by atoms with Crippen molar-refractivity contribution >= 4 is 64.4 Å². The molecule has 0 N–H and O–H groups in total. The molecule has 6 rings (SSSR count). The molecule has 0 amide bonds. The van der Waals surface area contributed by atoms with Crippen molar-refractivity contribution in [3.05, 3.63) is 119 Å². The van der Waals surface area contributed by atoms with E-state index in [4.69, 9.17) is 0 Å². The van der Waals surface area contributed by atoms with Crippen LogP contribution in [-0.2, 0) is 0 Å². The van der Waals surface area contributed by atoms with Gasteiger partial charge in [-0.25, -0.2) is 0 Å². The molecule has 46 heavy (non-hydrogen) atoms. The van der Waals surface area contributed by atoms with E-state index >= 15 is 0 Å². The first-order valence-corrected chi connectivity index (χ1v) is 18.9. The molecule has 5 aromatic carbocycles. The Hall–Kier alpha value is -3.51. The zero-order valence-corrected chi connectivity index (χ0v) is 32.3. The second-order valence-corrected chi connectivity index (χ2v) is 11.2. The summed E-state index contributed by atoms with van der Waals surface area (Å²) in [7, 11) is 2.42. The van der Waals surface area contributed by atoms with Gasteiger partial charge in [0.2, 0.25) is 0 Å². The standard InChI is InChI=1S/C37H32S.3C2H6.CH5P/c1-6-11-30-23(3)24(4)31(12-7-2)35-21-27(19-20-34(30)35)29-15-10-16-32(25(29)5)36-22-28-18-17-26-13-8-9-14-33(26)37(28)38-36;4*1-2/h6-22H,1-5H3;3*1-2H3;2H2,1H3/b11-6-,12-7-;;;;. The third-order valence-electron chi connectivity index (χ3n) is 7.96. The van der Waals surface area contributed by atoms with E-state index < -0.39 is 0 Å². The van der Waals surface area contributed by atoms with Gasteiger partial charge in [0, 0.05) is 9.58 Å². The van der Waals surface area contributed by atoms with E-state index in [0.717, 1.165) is 0 Å². The topological polar surface area (TPSA) is 0 Å². The van der Waals surface area contributed by atoms with Gasteiger partial charge in [0.25, 0.3) is 0 Å². The lowest BCUT2D eigenvalue weighted by molar-refractivity contribution is 1.33. The van der Waals surface area contributed by atoms with Gasteiger partial charge in [0.05, 0.1) is 0 Å². The summed E-state index contributed by atoms with van der Waals surface area (Å²) >= 11 is 1.90. The molecule has 0 fully saturated rings. The van der Waals surface area contributed by atoms with Crippen LogP contribution < -0.4 is 0 Å². The summed E-state index contributed by atoms with van der Waals surface area (Å²) in [4.78, 5) is 1.33. The van der Waals surface area contributed by atoms with Crippen LogP contribution in [0.4, 0.5) is 0 Å². The predicted molar refractivity (Wildman–Crippen MR) is 221 cm³/mol. The van der Waals surface area contributed by atoms with E-state index in [1.807, 2.05) is 59.5 Å². The second kappa shape index (κ2) is 19.2. The first-order valence-electron chi connectivity index (χ1n) is 16.9. The number of benzene rings is 5. The van der Waals surface area contributed by atoms with Crippen molar-refractivity contribution in [2.24, 2.45) is 0 Å². The minimum Gasteiger partial charge on any atom is -0.141 e. The fraction of sp³-hybridized carbons (Fsp3) is 0.273. The molecule has 242 valence electrons. The zero-order chi connectivity index (χ0) is 34.4. The summed E-state index contributed by atoms with van der Waals surface area (Å²) in [5.41, 5.74) is 10.6. The lowest BCUT2D eigenvalue weighted by Gasteiger charge is -2.17. The molecule has 0 spiro atoms. The zero-order valence-electron chi connectivity index (χ0n) is 30.3. The summed E-state index contributed by atoms with van der Waals surface area (Å²) < 4.78 is 1.37. The monoisotopic (exact) mass is 646 g/mol. The van der Waals surface area contributed by atoms with E-state index in [9.17, 15) is 0 Å². The molecule has 2 heteroatoms. The van der Waals surface area contributed by atoms with Crippen LogP contribution in [0.2, 0.25) is 0 Å². The highest BCUT2D eigenvalue weighted by molar-refractivity contribution is 7.23. The smallest absolute Gasteiger partial charge is 0.0427 e. The van der Waals surface area contributed by atoms with Crippen LogP contribution in [0.3, 0.4) is 0 Å². The van der Waals surface area contributed by atoms with Crippen LogP contribution in [0, 0.1) is 20.8 Å². The minimum absolute atomic E-state index is 1.27. The maximum Gasteiger partial charge on any atom is 0.0427 e. The van der Waals surface area contributed by atoms with Gasteiger partial charge in [-0.1, -0.05) is 139 Å². The summed E-state index contributed by atoms with van der Waals surface area (Å²) in [6.07, 6.45) is 8.81. The number of allylic oxidation sites excluding steroid dienone is 2. The first-order chi connectivity index (χ1) is 22.5. The highest BCUT2D eigenvalue weighted by Crippen LogP contribution is 2.42. The van der Waals surface area contributed by atoms with Crippen molar-refractivity contribution in [2.45, 2.75) is 76.2 Å². The molecule has 0 bridgehead atoms. The average Bonchev–Trinajstić information content (AvgIpc) is 3.57. The van der Waals surface area contributed by atoms with E-state index in [1.165, 1.54) is 81.0 Å². The van der Waals surface area contributed by atoms with Crippen LogP contribution >= 0.6 is 20.6 Å². The van der Waals surface area contributed by atoms with E-state index in [1.54, 1.807) is 0 Å². The molecule has 1 aromatic heterocycles. The Bertz CT molecular complexity index is 1920. The van der Waals surface area contributed by atoms with Crippen molar-refractivity contribution < 1.29 is 0 Å². The molecule has 0 nitrogen and oxygen atoms in total. The number of hydrogen-bond donors (Lipinski definition) is 0. The maximum absolute atomic E-state index is 2.42. The molecule has 0 aliphatic heterocycles. The Morgan fingerprint density at radius 2 is 1.09 bits per heavy atom. The maximum atomic E-state index is 2.42. The van der Waals surface area contributed by atoms with Crippen molar-refractivity contribution in [2.75, 3.05) is 6.66 Å². The number of fused-ring (bicyclic) bond motifs is 4. The third kappa shape index (κ3) is 7.88. The second-order valence-electron chi connectivity index (χ2n) is 10.1. The van der Waals surface area contributed by atoms with Crippen molar-refractivity contribution in [1.29, 1.82) is 0 Å². The van der Waals surface area contributed by atoms with Gasteiger partial charge >= 0.3 is 0 Å². The molecule has 1 atom stereocenters. The first kappa shape index (κ1) is 38.7. The van der Waals surface area contributed by atoms with Crippen molar-refractivity contribution in [1.82, 2.24) is 0 Å². The van der Waals surface area contributed by atoms with Gasteiger partial charge in [-0.2, -0.15) is 0 Å². The lowest BCUT2D eigenvalue weighted by Crippen LogP contribution is -1.95. The van der Waals surface area contributed by atoms with Crippen LogP contribution in [0.5, 0.6) is 0 Å². The van der Waals surface area contributed by atoms with Crippen molar-refractivity contribution in [3.8, 4) is 21.6 Å². The molecule has 0 aliphatic rings. The third-order valence-corrected chi connectivity index (χ3v) is 9.17. The Labute approximate surface area is 286 Å². The SMILES string of the molecule is C/C=C\c1c(C)c(C)c(/C=C\C)c2cc(-c3cccc(-c4cc5ccc6ccccc6c5s4)c3C)ccc12.CC.CC.CC.CP. The summed E-state index contributed by atoms with van der Waals surface area (Å²) in [6, 6.07) is 29.3. The van der Waals surface area contributed by atoms with Gasteiger partial charge in [-0.15, -0.1) is 20.6 Å². The van der Waals surface area contributed by atoms with E-state index in [-0.39, 0.29) is 0 Å². The van der Waals surface area contributed by atoms with Gasteiger partial charge < -0.3 is 0 Å². The fourth-order valence-corrected chi connectivity index (χ4v) is 7.13. The van der Waals surface area contributed by atoms with Gasteiger partial charge in [0.1, 0.15) is 0 Å². The van der Waals surface area contributed by atoms with Gasteiger partial charge in [-0.3, -0.25) is 0 Å². The van der Waals surface area contributed by atoms with Crippen LogP contribution in [-0.4, -0.2) is 6.66 Å². The normalized spacial score (nSPS) is 10.5. The molecular formula is C44H55PS. The minimum atomic E-state index is 1.27. The highest BCUT2D eigenvalue weighted by Gasteiger charge is 2.15. The summed E-state index contributed by atoms with van der Waals surface area (Å²) in [5, 5.41) is 6.58. The van der Waals surface area contributed by atoms with Crippen LogP contribution in [0.1, 0.15) is 83.2 Å². The molecule has 0 saturated heterocycles. The fourth-order valence-electron chi connectivity index (χ4n) is 5.86. The molecule has 0 radical (unpaired) electrons. The Kier molecular flexibility index (Phi) is 16.2. The van der Waals surface area contributed by atoms with Crippen LogP contribution in [0.15, 0.2) is 91.0 Å². The van der Waals surface area contributed by atoms with Crippen LogP contribution in [0.25, 0.3) is 65.4 Å². The molecule has 1 heterocycles. The Morgan fingerprint density at radius 3 is 1.72 bits per heavy atom. The molecular weight excluding hydrogens is 592 g/mol. The van der Waals surface area contributed by atoms with Crippen molar-refractivity contribution in [3.63, 3.8) is 0 Å². The molecule has 1 unspecified atom stereocenters. The number of rotatable bonds is 4.